The van der Waals surface area contributed by atoms with Crippen LogP contribution in [-0.4, -0.2) is 25.6 Å². The fraction of sp³-hybridized carbons (Fsp3) is 0.143. The lowest BCUT2D eigenvalue weighted by molar-refractivity contribution is 0.482. The second-order valence-electron chi connectivity index (χ2n) is 2.44. The van der Waals surface area contributed by atoms with Gasteiger partial charge in [-0.2, -0.15) is 8.42 Å². The molecule has 0 aliphatic carbocycles. The summed E-state index contributed by atoms with van der Waals surface area (Å²) in [6.07, 6.45) is 0. The average molecular weight is 252 g/mol. The summed E-state index contributed by atoms with van der Waals surface area (Å²) in [5, 5.41) is 0. The first kappa shape index (κ1) is 13.8. The second-order valence-corrected chi connectivity index (χ2v) is 4.24. The summed E-state index contributed by atoms with van der Waals surface area (Å²) in [6.45, 7) is 1.63. The molecular formula is C7H8O6S2. The van der Waals surface area contributed by atoms with Crippen molar-refractivity contribution in [3.63, 3.8) is 0 Å². The maximum absolute atomic E-state index is 10.6. The van der Waals surface area contributed by atoms with E-state index in [0.29, 0.717) is 5.56 Å². The summed E-state index contributed by atoms with van der Waals surface area (Å²) in [5.41, 5.74) is 0.551. The van der Waals surface area contributed by atoms with Gasteiger partial charge in [0.05, 0.1) is 4.90 Å². The van der Waals surface area contributed by atoms with Gasteiger partial charge in [-0.3, -0.25) is 4.55 Å². The molecule has 0 bridgehead atoms. The summed E-state index contributed by atoms with van der Waals surface area (Å²) >= 11 is 0. The van der Waals surface area contributed by atoms with Gasteiger partial charge in [0.1, 0.15) is 0 Å². The molecule has 1 N–H and O–H groups in total. The van der Waals surface area contributed by atoms with Crippen molar-refractivity contribution in [3.8, 4) is 0 Å². The van der Waals surface area contributed by atoms with Gasteiger partial charge in [0.15, 0.2) is 0 Å². The largest absolute Gasteiger partial charge is 0.425 e. The highest BCUT2D eigenvalue weighted by Gasteiger charge is 2.10. The van der Waals surface area contributed by atoms with Gasteiger partial charge >= 0.3 is 10.6 Å². The number of rotatable bonds is 1. The predicted octanol–water partition coefficient (Wildman–Crippen LogP) is 0.238. The van der Waals surface area contributed by atoms with Crippen LogP contribution in [0.5, 0.6) is 0 Å². The predicted molar refractivity (Wildman–Crippen MR) is 50.7 cm³/mol. The fourth-order valence-electron chi connectivity index (χ4n) is 0.846. The lowest BCUT2D eigenvalue weighted by atomic mass is 10.2. The Morgan fingerprint density at radius 1 is 1.13 bits per heavy atom. The third-order valence-electron chi connectivity index (χ3n) is 1.37. The monoisotopic (exact) mass is 252 g/mol. The molecule has 1 rings (SSSR count). The van der Waals surface area contributed by atoms with E-state index in [4.69, 9.17) is 17.2 Å². The standard InChI is InChI=1S/C7H8O3S.O3S/c1-6-4-2-3-5-7(6)11(8,9)10;1-4(2)3/h2-5H,1H3,(H,8,9,10);. The van der Waals surface area contributed by atoms with Crippen molar-refractivity contribution in [2.75, 3.05) is 0 Å². The van der Waals surface area contributed by atoms with Crippen LogP contribution in [0.4, 0.5) is 0 Å². The third-order valence-corrected chi connectivity index (χ3v) is 2.39. The summed E-state index contributed by atoms with van der Waals surface area (Å²) < 4.78 is 55.2. The van der Waals surface area contributed by atoms with E-state index in [9.17, 15) is 8.42 Å². The minimum Gasteiger partial charge on any atom is -0.282 e. The SMILES string of the molecule is Cc1ccccc1S(=O)(=O)O.O=S(=O)=O. The summed E-state index contributed by atoms with van der Waals surface area (Å²) in [6, 6.07) is 6.27. The Hall–Kier alpha value is -1.25. The molecular weight excluding hydrogens is 244 g/mol. The molecule has 0 spiro atoms. The summed E-state index contributed by atoms with van der Waals surface area (Å²) in [5.74, 6) is 0. The molecule has 0 saturated carbocycles. The zero-order valence-corrected chi connectivity index (χ0v) is 9.25. The van der Waals surface area contributed by atoms with Crippen LogP contribution in [0.2, 0.25) is 0 Å². The van der Waals surface area contributed by atoms with Crippen molar-refractivity contribution in [1.29, 1.82) is 0 Å². The number of aryl methyl sites for hydroxylation is 1. The van der Waals surface area contributed by atoms with E-state index in [2.05, 4.69) is 0 Å². The fourth-order valence-corrected chi connectivity index (χ4v) is 1.57. The van der Waals surface area contributed by atoms with Crippen molar-refractivity contribution in [2.45, 2.75) is 11.8 Å². The van der Waals surface area contributed by atoms with E-state index in [1.54, 1.807) is 25.1 Å². The van der Waals surface area contributed by atoms with E-state index in [1.165, 1.54) is 6.07 Å². The average Bonchev–Trinajstić information content (AvgIpc) is 2.01. The molecule has 0 aromatic heterocycles. The molecule has 1 aromatic carbocycles. The van der Waals surface area contributed by atoms with E-state index < -0.39 is 20.7 Å². The van der Waals surface area contributed by atoms with E-state index in [1.807, 2.05) is 0 Å². The summed E-state index contributed by atoms with van der Waals surface area (Å²) in [7, 11) is -7.14. The summed E-state index contributed by atoms with van der Waals surface area (Å²) in [4.78, 5) is -0.0278. The van der Waals surface area contributed by atoms with Crippen LogP contribution in [0.1, 0.15) is 5.56 Å². The molecule has 0 atom stereocenters. The molecule has 0 aliphatic heterocycles. The Morgan fingerprint density at radius 3 is 1.80 bits per heavy atom. The minimum absolute atomic E-state index is 0.0278. The van der Waals surface area contributed by atoms with Crippen molar-refractivity contribution < 1.29 is 25.6 Å². The molecule has 0 aliphatic rings. The van der Waals surface area contributed by atoms with E-state index >= 15 is 0 Å². The molecule has 0 unspecified atom stereocenters. The Balaban J connectivity index is 0.000000423. The molecule has 6 nitrogen and oxygen atoms in total. The Labute approximate surface area is 88.4 Å². The molecule has 1 aromatic rings. The molecule has 0 radical (unpaired) electrons. The van der Waals surface area contributed by atoms with Gasteiger partial charge in [-0.15, -0.1) is 12.6 Å². The molecule has 0 amide bonds. The maximum Gasteiger partial charge on any atom is 0.425 e. The van der Waals surface area contributed by atoms with E-state index in [-0.39, 0.29) is 4.90 Å². The lowest BCUT2D eigenvalue weighted by Gasteiger charge is -1.99. The van der Waals surface area contributed by atoms with Gasteiger partial charge in [-0.1, -0.05) is 18.2 Å². The zero-order valence-electron chi connectivity index (χ0n) is 7.61. The van der Waals surface area contributed by atoms with Crippen LogP contribution in [0.3, 0.4) is 0 Å². The maximum atomic E-state index is 10.6. The van der Waals surface area contributed by atoms with Gasteiger partial charge in [-0.25, -0.2) is 0 Å². The van der Waals surface area contributed by atoms with Gasteiger partial charge < -0.3 is 0 Å². The second kappa shape index (κ2) is 5.59. The topological polar surface area (TPSA) is 106 Å². The normalized spacial score (nSPS) is 10.0. The van der Waals surface area contributed by atoms with Gasteiger partial charge in [0, 0.05) is 0 Å². The van der Waals surface area contributed by atoms with Gasteiger partial charge in [-0.05, 0) is 18.6 Å². The lowest BCUT2D eigenvalue weighted by Crippen LogP contribution is -1.99. The first-order valence-corrected chi connectivity index (χ1v) is 5.99. The molecule has 8 heteroatoms. The number of hydrogen-bond acceptors (Lipinski definition) is 5. The smallest absolute Gasteiger partial charge is 0.282 e. The molecule has 15 heavy (non-hydrogen) atoms. The molecule has 0 fully saturated rings. The van der Waals surface area contributed by atoms with Crippen LogP contribution in [0, 0.1) is 6.92 Å². The highest BCUT2D eigenvalue weighted by molar-refractivity contribution is 7.85. The number of benzene rings is 1. The Bertz CT molecular complexity index is 521. The quantitative estimate of drug-likeness (QED) is 0.717. The first-order chi connectivity index (χ1) is 6.75. The van der Waals surface area contributed by atoms with E-state index in [0.717, 1.165) is 0 Å². The van der Waals surface area contributed by atoms with Crippen molar-refractivity contribution in [2.24, 2.45) is 0 Å². The molecule has 0 heterocycles. The van der Waals surface area contributed by atoms with Crippen LogP contribution in [0.25, 0.3) is 0 Å². The van der Waals surface area contributed by atoms with Crippen molar-refractivity contribution in [1.82, 2.24) is 0 Å². The number of hydrogen-bond donors (Lipinski definition) is 1. The van der Waals surface area contributed by atoms with Crippen LogP contribution in [-0.2, 0) is 20.7 Å². The van der Waals surface area contributed by atoms with Crippen LogP contribution in [0.15, 0.2) is 29.2 Å². The third kappa shape index (κ3) is 5.94. The molecule has 84 valence electrons. The highest BCUT2D eigenvalue weighted by atomic mass is 32.2. The van der Waals surface area contributed by atoms with Crippen molar-refractivity contribution in [3.05, 3.63) is 29.8 Å². The zero-order chi connectivity index (χ0) is 12.1. The van der Waals surface area contributed by atoms with Crippen molar-refractivity contribution >= 4 is 20.7 Å². The highest BCUT2D eigenvalue weighted by Crippen LogP contribution is 2.12. The minimum atomic E-state index is -4.03. The Kier molecular flexibility index (Phi) is 5.12. The molecule has 0 saturated heterocycles. The van der Waals surface area contributed by atoms with Gasteiger partial charge in [0.2, 0.25) is 0 Å². The first-order valence-electron chi connectivity index (χ1n) is 3.55. The van der Waals surface area contributed by atoms with Gasteiger partial charge in [0.25, 0.3) is 10.1 Å². The van der Waals surface area contributed by atoms with Crippen LogP contribution < -0.4 is 0 Å². The van der Waals surface area contributed by atoms with Crippen LogP contribution >= 0.6 is 0 Å². The Morgan fingerprint density at radius 2 is 1.53 bits per heavy atom.